The Morgan fingerprint density at radius 2 is 1.90 bits per heavy atom. The molecule has 4 rings (SSSR count). The summed E-state index contributed by atoms with van der Waals surface area (Å²) >= 11 is 5.78. The molecule has 8 heteroatoms. The number of nitrogens with one attached hydrogen (secondary N) is 2. The number of rotatable bonds is 4. The molecule has 0 atom stereocenters. The number of carbonyl (C=O) groups excluding carboxylic acids is 1. The maximum absolute atomic E-state index is 13.4. The second kappa shape index (κ2) is 8.34. The molecule has 4 aromatic rings. The van der Waals surface area contributed by atoms with E-state index in [-0.39, 0.29) is 5.02 Å². The topological polar surface area (TPSA) is 76.1 Å². The number of para-hydroxylation sites is 1. The molecule has 30 heavy (non-hydrogen) atoms. The zero-order valence-electron chi connectivity index (χ0n) is 15.8. The number of anilines is 2. The summed E-state index contributed by atoms with van der Waals surface area (Å²) in [7, 11) is 1.58. The number of pyridine rings is 2. The maximum atomic E-state index is 13.4. The predicted molar refractivity (Wildman–Crippen MR) is 116 cm³/mol. The summed E-state index contributed by atoms with van der Waals surface area (Å²) in [6, 6.07) is 14.5. The van der Waals surface area contributed by atoms with Crippen LogP contribution in [-0.4, -0.2) is 23.1 Å². The molecule has 150 valence electrons. The molecule has 0 fully saturated rings. The zero-order chi connectivity index (χ0) is 21.1. The van der Waals surface area contributed by atoms with Gasteiger partial charge in [0.05, 0.1) is 17.6 Å². The Morgan fingerprint density at radius 3 is 2.70 bits per heavy atom. The average Bonchev–Trinajstić information content (AvgIpc) is 2.76. The van der Waals surface area contributed by atoms with Crippen LogP contribution in [0.15, 0.2) is 67.0 Å². The normalized spacial score (nSPS) is 10.6. The Morgan fingerprint density at radius 1 is 1.07 bits per heavy atom. The number of hydrogen-bond acceptors (Lipinski definition) is 4. The van der Waals surface area contributed by atoms with E-state index in [0.717, 1.165) is 10.9 Å². The van der Waals surface area contributed by atoms with Crippen LogP contribution in [0.3, 0.4) is 0 Å². The molecule has 0 saturated carbocycles. The first-order chi connectivity index (χ1) is 14.5. The van der Waals surface area contributed by atoms with Crippen molar-refractivity contribution in [1.29, 1.82) is 0 Å². The quantitative estimate of drug-likeness (QED) is 0.439. The molecular formula is C22H16ClFN4O2. The van der Waals surface area contributed by atoms with Gasteiger partial charge in [0, 0.05) is 34.6 Å². The van der Waals surface area contributed by atoms with Crippen molar-refractivity contribution in [3.05, 3.63) is 77.8 Å². The molecule has 6 nitrogen and oxygen atoms in total. The van der Waals surface area contributed by atoms with Gasteiger partial charge in [-0.05, 0) is 36.4 Å². The molecule has 0 saturated heterocycles. The lowest BCUT2D eigenvalue weighted by molar-refractivity contribution is 0.262. The number of ether oxygens (including phenoxy) is 1. The van der Waals surface area contributed by atoms with Crippen LogP contribution in [0.2, 0.25) is 5.02 Å². The number of nitrogens with zero attached hydrogens (tertiary/aromatic N) is 2. The number of urea groups is 1. The fourth-order valence-electron chi connectivity index (χ4n) is 3.03. The Hall–Kier alpha value is -3.71. The summed E-state index contributed by atoms with van der Waals surface area (Å²) in [6.07, 6.45) is 3.33. The number of carbonyl (C=O) groups is 1. The minimum atomic E-state index is -0.564. The second-order valence-electron chi connectivity index (χ2n) is 6.36. The molecule has 2 N–H and O–H groups in total. The van der Waals surface area contributed by atoms with Crippen LogP contribution in [0.4, 0.5) is 20.7 Å². The molecule has 2 aromatic heterocycles. The van der Waals surface area contributed by atoms with Gasteiger partial charge in [-0.2, -0.15) is 0 Å². The minimum absolute atomic E-state index is 0.0844. The van der Waals surface area contributed by atoms with Crippen molar-refractivity contribution < 1.29 is 13.9 Å². The van der Waals surface area contributed by atoms with E-state index >= 15 is 0 Å². The highest BCUT2D eigenvalue weighted by atomic mass is 35.5. The van der Waals surface area contributed by atoms with E-state index in [1.807, 2.05) is 30.3 Å². The van der Waals surface area contributed by atoms with E-state index in [9.17, 15) is 9.18 Å². The van der Waals surface area contributed by atoms with Crippen molar-refractivity contribution in [2.75, 3.05) is 17.7 Å². The molecule has 2 aromatic carbocycles. The predicted octanol–water partition coefficient (Wildman–Crippen LogP) is 5.74. The minimum Gasteiger partial charge on any atom is -0.496 e. The van der Waals surface area contributed by atoms with Crippen LogP contribution in [0.25, 0.3) is 22.0 Å². The number of amides is 2. The summed E-state index contributed by atoms with van der Waals surface area (Å²) in [6.45, 7) is 0. The van der Waals surface area contributed by atoms with Crippen molar-refractivity contribution in [2.24, 2.45) is 0 Å². The van der Waals surface area contributed by atoms with Gasteiger partial charge in [-0.15, -0.1) is 0 Å². The lowest BCUT2D eigenvalue weighted by Gasteiger charge is -2.15. The van der Waals surface area contributed by atoms with Crippen LogP contribution in [0.5, 0.6) is 5.75 Å². The lowest BCUT2D eigenvalue weighted by Crippen LogP contribution is -2.20. The van der Waals surface area contributed by atoms with Gasteiger partial charge >= 0.3 is 6.03 Å². The number of fused-ring (bicyclic) bond motifs is 1. The van der Waals surface area contributed by atoms with Gasteiger partial charge in [0.25, 0.3) is 0 Å². The third-order valence-corrected chi connectivity index (χ3v) is 4.71. The van der Waals surface area contributed by atoms with Gasteiger partial charge in [0.1, 0.15) is 17.4 Å². The molecule has 0 radical (unpaired) electrons. The monoisotopic (exact) mass is 422 g/mol. The van der Waals surface area contributed by atoms with Gasteiger partial charge in [0.2, 0.25) is 0 Å². The SMILES string of the molecule is COc1ccccc1-c1cc2cnccc2nc1NC(=O)Nc1ccc(F)c(Cl)c1. The first-order valence-corrected chi connectivity index (χ1v) is 9.34. The maximum Gasteiger partial charge on any atom is 0.324 e. The third-order valence-electron chi connectivity index (χ3n) is 4.42. The van der Waals surface area contributed by atoms with Gasteiger partial charge in [0.15, 0.2) is 0 Å². The molecule has 2 heterocycles. The molecule has 0 aliphatic heterocycles. The van der Waals surface area contributed by atoms with Crippen LogP contribution >= 0.6 is 11.6 Å². The molecule has 2 amide bonds. The second-order valence-corrected chi connectivity index (χ2v) is 6.77. The summed E-state index contributed by atoms with van der Waals surface area (Å²) < 4.78 is 18.8. The van der Waals surface area contributed by atoms with Crippen molar-refractivity contribution in [1.82, 2.24) is 9.97 Å². The van der Waals surface area contributed by atoms with Gasteiger partial charge in [-0.3, -0.25) is 10.3 Å². The highest BCUT2D eigenvalue weighted by Crippen LogP contribution is 2.36. The number of hydrogen-bond donors (Lipinski definition) is 2. The number of benzene rings is 2. The summed E-state index contributed by atoms with van der Waals surface area (Å²) in [5.74, 6) is 0.408. The lowest BCUT2D eigenvalue weighted by atomic mass is 10.0. The Balaban J connectivity index is 1.73. The molecule has 0 aliphatic rings. The Bertz CT molecular complexity index is 1250. The Kier molecular flexibility index (Phi) is 5.45. The molecular weight excluding hydrogens is 407 g/mol. The Labute approximate surface area is 176 Å². The third kappa shape index (κ3) is 4.01. The van der Waals surface area contributed by atoms with Crippen LogP contribution in [-0.2, 0) is 0 Å². The van der Waals surface area contributed by atoms with Crippen LogP contribution < -0.4 is 15.4 Å². The van der Waals surface area contributed by atoms with E-state index in [4.69, 9.17) is 16.3 Å². The van der Waals surface area contributed by atoms with E-state index in [1.54, 1.807) is 25.6 Å². The molecule has 0 aliphatic carbocycles. The molecule has 0 unspecified atom stereocenters. The van der Waals surface area contributed by atoms with E-state index < -0.39 is 11.8 Å². The number of halogens is 2. The van der Waals surface area contributed by atoms with Crippen molar-refractivity contribution in [3.8, 4) is 16.9 Å². The van der Waals surface area contributed by atoms with E-state index in [0.29, 0.717) is 28.3 Å². The summed E-state index contributed by atoms with van der Waals surface area (Å²) in [5, 5.41) is 6.12. The van der Waals surface area contributed by atoms with Gasteiger partial charge in [-0.25, -0.2) is 14.2 Å². The van der Waals surface area contributed by atoms with Crippen molar-refractivity contribution >= 4 is 40.0 Å². The van der Waals surface area contributed by atoms with E-state index in [2.05, 4.69) is 20.6 Å². The van der Waals surface area contributed by atoms with Crippen LogP contribution in [0, 0.1) is 5.82 Å². The highest BCUT2D eigenvalue weighted by Gasteiger charge is 2.16. The largest absolute Gasteiger partial charge is 0.496 e. The van der Waals surface area contributed by atoms with Crippen LogP contribution in [0.1, 0.15) is 0 Å². The first-order valence-electron chi connectivity index (χ1n) is 8.96. The summed E-state index contributed by atoms with van der Waals surface area (Å²) in [5.41, 5.74) is 2.45. The highest BCUT2D eigenvalue weighted by molar-refractivity contribution is 6.31. The van der Waals surface area contributed by atoms with Gasteiger partial charge < -0.3 is 10.1 Å². The van der Waals surface area contributed by atoms with Crippen molar-refractivity contribution in [2.45, 2.75) is 0 Å². The fraction of sp³-hybridized carbons (Fsp3) is 0.0455. The smallest absolute Gasteiger partial charge is 0.324 e. The summed E-state index contributed by atoms with van der Waals surface area (Å²) in [4.78, 5) is 21.3. The average molecular weight is 423 g/mol. The number of aromatic nitrogens is 2. The zero-order valence-corrected chi connectivity index (χ0v) is 16.6. The van der Waals surface area contributed by atoms with E-state index in [1.165, 1.54) is 18.2 Å². The number of methoxy groups -OCH3 is 1. The van der Waals surface area contributed by atoms with Crippen molar-refractivity contribution in [3.63, 3.8) is 0 Å². The molecule has 0 bridgehead atoms. The standard InChI is InChI=1S/C22H16ClFN4O2/c1-30-20-5-3-2-4-15(20)16-10-13-12-25-9-8-19(13)27-21(16)28-22(29)26-14-6-7-18(24)17(23)11-14/h2-12H,1H3,(H2,26,27,28,29). The van der Waals surface area contributed by atoms with Gasteiger partial charge in [-0.1, -0.05) is 29.8 Å². The fourth-order valence-corrected chi connectivity index (χ4v) is 3.21. The molecule has 0 spiro atoms. The first kappa shape index (κ1) is 19.6.